The molecule has 0 aliphatic carbocycles. The molecule has 0 aromatic heterocycles. The van der Waals surface area contributed by atoms with E-state index in [4.69, 9.17) is 0 Å². The molecule has 8 heteroatoms. The number of thioether (sulfide) groups is 1. The summed E-state index contributed by atoms with van der Waals surface area (Å²) >= 11 is 1.70. The molecule has 1 aliphatic heterocycles. The van der Waals surface area contributed by atoms with E-state index in [0.29, 0.717) is 25.3 Å². The minimum Gasteiger partial charge on any atom is -0.325 e. The molecule has 3 rings (SSSR count). The number of hydrogen-bond acceptors (Lipinski definition) is 5. The van der Waals surface area contributed by atoms with Crippen molar-refractivity contribution in [2.45, 2.75) is 29.2 Å². The van der Waals surface area contributed by atoms with Gasteiger partial charge < -0.3 is 5.32 Å². The van der Waals surface area contributed by atoms with E-state index in [9.17, 15) is 13.2 Å². The number of likely N-dealkylation sites (N-methyl/N-ethyl adjacent to an activating group) is 1. The molecule has 2 aromatic rings. The number of sulfonamides is 1. The van der Waals surface area contributed by atoms with Crippen LogP contribution >= 0.6 is 11.8 Å². The Hall–Kier alpha value is -1.87. The first-order valence-electron chi connectivity index (χ1n) is 9.60. The maximum absolute atomic E-state index is 12.6. The Morgan fingerprint density at radius 2 is 1.69 bits per heavy atom. The van der Waals surface area contributed by atoms with Crippen LogP contribution < -0.4 is 5.32 Å². The SMILES string of the molecule is CSc1ccc(CN(C)CC(=O)Nc2ccc(S(=O)(=O)N3CCCC3)cc2)cc1. The fraction of sp³-hybridized carbons (Fsp3) is 0.381. The van der Waals surface area contributed by atoms with Crippen molar-refractivity contribution < 1.29 is 13.2 Å². The van der Waals surface area contributed by atoms with Gasteiger partial charge in [0.05, 0.1) is 11.4 Å². The highest BCUT2D eigenvalue weighted by Gasteiger charge is 2.26. The van der Waals surface area contributed by atoms with Crippen LogP contribution in [0.3, 0.4) is 0 Å². The largest absolute Gasteiger partial charge is 0.325 e. The summed E-state index contributed by atoms with van der Waals surface area (Å²) in [6.45, 7) is 2.08. The zero-order chi connectivity index (χ0) is 20.9. The lowest BCUT2D eigenvalue weighted by Crippen LogP contribution is -2.30. The molecule has 1 aliphatic rings. The molecule has 0 spiro atoms. The van der Waals surface area contributed by atoms with Gasteiger partial charge in [-0.25, -0.2) is 8.42 Å². The van der Waals surface area contributed by atoms with Crippen LogP contribution in [0.25, 0.3) is 0 Å². The highest BCUT2D eigenvalue weighted by Crippen LogP contribution is 2.22. The second-order valence-electron chi connectivity index (χ2n) is 7.20. The zero-order valence-electron chi connectivity index (χ0n) is 16.8. The van der Waals surface area contributed by atoms with E-state index in [1.807, 2.05) is 18.2 Å². The number of hydrogen-bond donors (Lipinski definition) is 1. The van der Waals surface area contributed by atoms with Crippen LogP contribution in [0.2, 0.25) is 0 Å². The molecule has 0 saturated carbocycles. The zero-order valence-corrected chi connectivity index (χ0v) is 18.4. The Morgan fingerprint density at radius 1 is 1.07 bits per heavy atom. The number of amides is 1. The van der Waals surface area contributed by atoms with Crippen molar-refractivity contribution in [2.75, 3.05) is 38.3 Å². The molecule has 1 saturated heterocycles. The highest BCUT2D eigenvalue weighted by atomic mass is 32.2. The van der Waals surface area contributed by atoms with E-state index in [1.165, 1.54) is 9.20 Å². The van der Waals surface area contributed by atoms with Gasteiger partial charge in [-0.05, 0) is 68.1 Å². The second kappa shape index (κ2) is 9.75. The average Bonchev–Trinajstić information content (AvgIpc) is 3.24. The third-order valence-corrected chi connectivity index (χ3v) is 7.52. The van der Waals surface area contributed by atoms with E-state index in [2.05, 4.69) is 29.6 Å². The van der Waals surface area contributed by atoms with E-state index >= 15 is 0 Å². The van der Waals surface area contributed by atoms with Crippen molar-refractivity contribution in [3.05, 3.63) is 54.1 Å². The Morgan fingerprint density at radius 3 is 2.28 bits per heavy atom. The van der Waals surface area contributed by atoms with Gasteiger partial charge in [0.25, 0.3) is 0 Å². The Kier molecular flexibility index (Phi) is 7.34. The molecule has 1 N–H and O–H groups in total. The molecule has 156 valence electrons. The monoisotopic (exact) mass is 433 g/mol. The van der Waals surface area contributed by atoms with Gasteiger partial charge in [0.1, 0.15) is 0 Å². The second-order valence-corrected chi connectivity index (χ2v) is 10.0. The number of anilines is 1. The number of nitrogens with one attached hydrogen (secondary N) is 1. The van der Waals surface area contributed by atoms with E-state index < -0.39 is 10.0 Å². The van der Waals surface area contributed by atoms with Crippen molar-refractivity contribution >= 4 is 33.4 Å². The molecule has 6 nitrogen and oxygen atoms in total. The van der Waals surface area contributed by atoms with Gasteiger partial charge in [0.15, 0.2) is 0 Å². The van der Waals surface area contributed by atoms with Crippen LogP contribution in [0.15, 0.2) is 58.3 Å². The first-order chi connectivity index (χ1) is 13.9. The van der Waals surface area contributed by atoms with Gasteiger partial charge in [-0.1, -0.05) is 12.1 Å². The fourth-order valence-corrected chi connectivity index (χ4v) is 5.26. The molecule has 0 bridgehead atoms. The molecule has 1 amide bonds. The minimum absolute atomic E-state index is 0.136. The number of carbonyl (C=O) groups excluding carboxylic acids is 1. The maximum Gasteiger partial charge on any atom is 0.243 e. The molecule has 1 fully saturated rings. The number of carbonyl (C=O) groups is 1. The standard InChI is InChI=1S/C21H27N3O3S2/c1-23(15-17-5-9-19(28-2)10-6-17)16-21(25)22-18-7-11-20(12-8-18)29(26,27)24-13-3-4-14-24/h5-12H,3-4,13-16H2,1-2H3,(H,22,25). The fourth-order valence-electron chi connectivity index (χ4n) is 3.33. The van der Waals surface area contributed by atoms with Crippen LogP contribution in [0.5, 0.6) is 0 Å². The molecule has 2 aromatic carbocycles. The first-order valence-corrected chi connectivity index (χ1v) is 12.3. The maximum atomic E-state index is 12.6. The van der Waals surface area contributed by atoms with Crippen LogP contribution in [-0.2, 0) is 21.4 Å². The van der Waals surface area contributed by atoms with Crippen molar-refractivity contribution in [3.8, 4) is 0 Å². The summed E-state index contributed by atoms with van der Waals surface area (Å²) in [5.41, 5.74) is 1.74. The average molecular weight is 434 g/mol. The van der Waals surface area contributed by atoms with Gasteiger partial charge >= 0.3 is 0 Å². The summed E-state index contributed by atoms with van der Waals surface area (Å²) in [4.78, 5) is 15.7. The van der Waals surface area contributed by atoms with Crippen LogP contribution in [0.1, 0.15) is 18.4 Å². The number of nitrogens with zero attached hydrogens (tertiary/aromatic N) is 2. The van der Waals surface area contributed by atoms with E-state index in [-0.39, 0.29) is 17.3 Å². The van der Waals surface area contributed by atoms with Gasteiger partial charge in [0.2, 0.25) is 15.9 Å². The lowest BCUT2D eigenvalue weighted by Gasteiger charge is -2.17. The topological polar surface area (TPSA) is 69.7 Å². The summed E-state index contributed by atoms with van der Waals surface area (Å²) in [7, 11) is -1.54. The predicted octanol–water partition coefficient (Wildman–Crippen LogP) is 3.26. The quantitative estimate of drug-likeness (QED) is 0.647. The van der Waals surface area contributed by atoms with Gasteiger partial charge in [-0.3, -0.25) is 9.69 Å². The summed E-state index contributed by atoms with van der Waals surface area (Å²) < 4.78 is 26.6. The van der Waals surface area contributed by atoms with Gasteiger partial charge in [-0.15, -0.1) is 11.8 Å². The molecular formula is C21H27N3O3S2. The molecular weight excluding hydrogens is 406 g/mol. The van der Waals surface area contributed by atoms with Crippen LogP contribution in [-0.4, -0.2) is 56.5 Å². The summed E-state index contributed by atoms with van der Waals surface area (Å²) in [5, 5.41) is 2.83. The summed E-state index contributed by atoms with van der Waals surface area (Å²) in [5.74, 6) is -0.136. The smallest absolute Gasteiger partial charge is 0.243 e. The number of benzene rings is 2. The Labute approximate surface area is 177 Å². The van der Waals surface area contributed by atoms with E-state index in [0.717, 1.165) is 18.4 Å². The normalized spacial score (nSPS) is 15.0. The molecule has 0 unspecified atom stereocenters. The molecule has 0 atom stereocenters. The van der Waals surface area contributed by atoms with Crippen molar-refractivity contribution in [3.63, 3.8) is 0 Å². The van der Waals surface area contributed by atoms with Crippen molar-refractivity contribution in [1.29, 1.82) is 0 Å². The van der Waals surface area contributed by atoms with Crippen molar-refractivity contribution in [1.82, 2.24) is 9.21 Å². The van der Waals surface area contributed by atoms with Crippen LogP contribution in [0, 0.1) is 0 Å². The predicted molar refractivity (Wildman–Crippen MR) is 118 cm³/mol. The molecule has 1 heterocycles. The Balaban J connectivity index is 1.53. The first kappa shape index (κ1) is 21.8. The lowest BCUT2D eigenvalue weighted by molar-refractivity contribution is -0.117. The minimum atomic E-state index is -3.43. The van der Waals surface area contributed by atoms with Crippen LogP contribution in [0.4, 0.5) is 5.69 Å². The Bertz CT molecular complexity index is 923. The third-order valence-electron chi connectivity index (χ3n) is 4.87. The summed E-state index contributed by atoms with van der Waals surface area (Å²) in [6, 6.07) is 14.7. The summed E-state index contributed by atoms with van der Waals surface area (Å²) in [6.07, 6.45) is 3.85. The molecule has 0 radical (unpaired) electrons. The number of rotatable bonds is 8. The van der Waals surface area contributed by atoms with E-state index in [1.54, 1.807) is 36.0 Å². The highest BCUT2D eigenvalue weighted by molar-refractivity contribution is 7.98. The van der Waals surface area contributed by atoms with Crippen molar-refractivity contribution in [2.24, 2.45) is 0 Å². The lowest BCUT2D eigenvalue weighted by atomic mass is 10.2. The molecule has 29 heavy (non-hydrogen) atoms. The van der Waals surface area contributed by atoms with Gasteiger partial charge in [0, 0.05) is 30.2 Å². The van der Waals surface area contributed by atoms with Gasteiger partial charge in [-0.2, -0.15) is 4.31 Å². The third kappa shape index (κ3) is 5.82.